The maximum absolute atomic E-state index is 13.0. The number of nitrogens with one attached hydrogen (secondary N) is 3. The fraction of sp³-hybridized carbons (Fsp3) is 0.474. The van der Waals surface area contributed by atoms with Crippen molar-refractivity contribution in [3.8, 4) is 23.0 Å². The van der Waals surface area contributed by atoms with Crippen molar-refractivity contribution in [2.24, 2.45) is 5.73 Å². The third-order valence-corrected chi connectivity index (χ3v) is 14.5. The highest BCUT2D eigenvalue weighted by Gasteiger charge is 2.24. The van der Waals surface area contributed by atoms with E-state index < -0.39 is 5.97 Å². The van der Waals surface area contributed by atoms with Gasteiger partial charge in [0.15, 0.2) is 0 Å². The average molecular weight is 969 g/mol. The molecule has 14 heteroatoms. The molecule has 0 saturated carbocycles. The average Bonchev–Trinajstić information content (AvgIpc) is 3.95. The fourth-order valence-electron chi connectivity index (χ4n) is 9.95. The number of aryl methyl sites for hydroxylation is 2. The monoisotopic (exact) mass is 969 g/mol. The van der Waals surface area contributed by atoms with E-state index in [0.29, 0.717) is 17.5 Å². The van der Waals surface area contributed by atoms with Crippen LogP contribution >= 0.6 is 0 Å². The molecule has 6 aromatic rings. The van der Waals surface area contributed by atoms with Crippen LogP contribution in [0.25, 0.3) is 21.8 Å². The van der Waals surface area contributed by atoms with Crippen LogP contribution < -0.4 is 20.5 Å². The molecule has 0 radical (unpaired) electrons. The first-order chi connectivity index (χ1) is 34.5. The van der Waals surface area contributed by atoms with Gasteiger partial charge in [-0.15, -0.1) is 0 Å². The zero-order valence-corrected chi connectivity index (χ0v) is 41.9. The van der Waals surface area contributed by atoms with Crippen LogP contribution in [-0.4, -0.2) is 148 Å². The first-order valence-corrected chi connectivity index (χ1v) is 26.1. The number of nitrogens with zero attached hydrogens (tertiary/aromatic N) is 4. The second-order valence-corrected chi connectivity index (χ2v) is 20.0. The van der Waals surface area contributed by atoms with Gasteiger partial charge in [0.05, 0.1) is 6.10 Å². The number of rotatable bonds is 13. The number of amides is 1. The molecule has 4 fully saturated rings. The Bertz CT molecular complexity index is 2560. The van der Waals surface area contributed by atoms with E-state index in [4.69, 9.17) is 20.3 Å². The van der Waals surface area contributed by atoms with Gasteiger partial charge >= 0.3 is 5.97 Å². The van der Waals surface area contributed by atoms with Gasteiger partial charge in [-0.3, -0.25) is 4.79 Å². The van der Waals surface area contributed by atoms with E-state index in [0.717, 1.165) is 136 Å². The minimum absolute atomic E-state index is 0.0366. The van der Waals surface area contributed by atoms with Crippen molar-refractivity contribution in [3.05, 3.63) is 120 Å². The van der Waals surface area contributed by atoms with E-state index in [2.05, 4.69) is 41.8 Å². The molecule has 0 spiro atoms. The molecule has 0 bridgehead atoms. The molecule has 7 N–H and O–H groups in total. The number of aliphatic hydroxyl groups is 1. The Morgan fingerprint density at radius 3 is 1.48 bits per heavy atom. The summed E-state index contributed by atoms with van der Waals surface area (Å²) < 4.78 is 11.9. The number of piperidine rings is 3. The van der Waals surface area contributed by atoms with Gasteiger partial charge in [0.2, 0.25) is 0 Å². The minimum Gasteiger partial charge on any atom is -0.477 e. The molecular weight excluding hydrogens is 893 g/mol. The van der Waals surface area contributed by atoms with Crippen LogP contribution in [0.1, 0.15) is 96.3 Å². The Morgan fingerprint density at radius 2 is 1.00 bits per heavy atom. The topological polar surface area (TPSA) is 176 Å². The van der Waals surface area contributed by atoms with Crippen LogP contribution in [0.5, 0.6) is 23.0 Å². The number of carbonyl (C=O) groups excluding carboxylic acids is 1. The van der Waals surface area contributed by atoms with Crippen LogP contribution in [0.4, 0.5) is 0 Å². The Balaban J connectivity index is 0.000000158. The largest absolute Gasteiger partial charge is 0.477 e. The molecule has 4 aliphatic rings. The molecule has 4 aliphatic heterocycles. The number of hydrogen-bond acceptors (Lipinski definition) is 10. The number of hydrogen-bond donors (Lipinski definition) is 6. The van der Waals surface area contributed by atoms with Crippen molar-refractivity contribution in [1.29, 1.82) is 0 Å². The lowest BCUT2D eigenvalue weighted by molar-refractivity contribution is 0.0690. The molecule has 380 valence electrons. The second-order valence-electron chi connectivity index (χ2n) is 20.0. The normalized spacial score (nSPS) is 18.3. The number of benzene rings is 4. The number of aromatic nitrogens is 2. The van der Waals surface area contributed by atoms with Crippen molar-refractivity contribution in [3.63, 3.8) is 0 Å². The predicted molar refractivity (Wildman–Crippen MR) is 283 cm³/mol. The van der Waals surface area contributed by atoms with Gasteiger partial charge in [0.1, 0.15) is 34.4 Å². The number of aliphatic hydroxyl groups excluding tert-OH is 1. The SMILES string of the molecule is Cc1ccc(Oc2cccc3[nH]c(C(=O)NC4CCN(CCN5CCCCCC5)CC4)cc23)cc1.Cc1ccc(Oc2cccc3[nH]c(C(=O)O)cc23)cc1.NC1CCN(CCN2CCC(O)CC2)CC1. The Labute approximate surface area is 419 Å². The van der Waals surface area contributed by atoms with Gasteiger partial charge in [0, 0.05) is 86.2 Å². The summed E-state index contributed by atoms with van der Waals surface area (Å²) in [5, 5.41) is 23.4. The molecule has 0 atom stereocenters. The van der Waals surface area contributed by atoms with Crippen molar-refractivity contribution >= 4 is 33.7 Å². The number of carboxylic acid groups (broad SMARTS) is 1. The summed E-state index contributed by atoms with van der Waals surface area (Å²) in [6.07, 6.45) is 11.6. The number of H-pyrrole nitrogens is 2. The van der Waals surface area contributed by atoms with Gasteiger partial charge in [-0.25, -0.2) is 4.79 Å². The Hall–Kier alpha value is -5.74. The molecule has 6 heterocycles. The molecular formula is C57H76N8O6. The molecule has 71 heavy (non-hydrogen) atoms. The molecule has 0 unspecified atom stereocenters. The van der Waals surface area contributed by atoms with Crippen LogP contribution in [0.15, 0.2) is 97.1 Å². The summed E-state index contributed by atoms with van der Waals surface area (Å²) in [7, 11) is 0. The van der Waals surface area contributed by atoms with Crippen LogP contribution in [0.3, 0.4) is 0 Å². The van der Waals surface area contributed by atoms with Crippen LogP contribution in [-0.2, 0) is 0 Å². The molecule has 4 aromatic carbocycles. The summed E-state index contributed by atoms with van der Waals surface area (Å²) in [6, 6.07) is 31.2. The number of nitrogens with two attached hydrogens (primary N) is 1. The molecule has 2 aromatic heterocycles. The molecule has 10 rings (SSSR count). The number of carboxylic acids is 1. The smallest absolute Gasteiger partial charge is 0.352 e. The maximum atomic E-state index is 13.0. The Morgan fingerprint density at radius 1 is 0.577 bits per heavy atom. The third-order valence-electron chi connectivity index (χ3n) is 14.5. The third kappa shape index (κ3) is 15.4. The lowest BCUT2D eigenvalue weighted by Crippen LogP contribution is -2.46. The summed E-state index contributed by atoms with van der Waals surface area (Å²) in [4.78, 5) is 40.4. The molecule has 4 saturated heterocycles. The lowest BCUT2D eigenvalue weighted by atomic mass is 10.0. The zero-order valence-electron chi connectivity index (χ0n) is 41.9. The quantitative estimate of drug-likeness (QED) is 0.0651. The van der Waals surface area contributed by atoms with Crippen LogP contribution in [0.2, 0.25) is 0 Å². The van der Waals surface area contributed by atoms with E-state index in [1.54, 1.807) is 6.07 Å². The van der Waals surface area contributed by atoms with Crippen molar-refractivity contribution in [2.45, 2.75) is 96.2 Å². The number of aromatic amines is 2. The number of aromatic carboxylic acids is 1. The zero-order chi connectivity index (χ0) is 49.5. The van der Waals surface area contributed by atoms with Gasteiger partial charge in [-0.2, -0.15) is 0 Å². The maximum Gasteiger partial charge on any atom is 0.352 e. The van der Waals surface area contributed by atoms with E-state index in [9.17, 15) is 14.7 Å². The van der Waals surface area contributed by atoms with E-state index >= 15 is 0 Å². The number of ether oxygens (including phenoxy) is 2. The van der Waals surface area contributed by atoms with Crippen molar-refractivity contribution in [2.75, 3.05) is 78.5 Å². The first kappa shape index (κ1) is 51.6. The fourth-order valence-corrected chi connectivity index (χ4v) is 9.95. The van der Waals surface area contributed by atoms with E-state index in [1.807, 2.05) is 97.9 Å². The number of fused-ring (bicyclic) bond motifs is 2. The van der Waals surface area contributed by atoms with Gasteiger partial charge in [0.25, 0.3) is 5.91 Å². The molecule has 14 nitrogen and oxygen atoms in total. The summed E-state index contributed by atoms with van der Waals surface area (Å²) >= 11 is 0. The summed E-state index contributed by atoms with van der Waals surface area (Å²) in [5.74, 6) is 1.88. The predicted octanol–water partition coefficient (Wildman–Crippen LogP) is 9.17. The number of carbonyl (C=O) groups is 2. The molecule has 0 aliphatic carbocycles. The second kappa shape index (κ2) is 25.6. The highest BCUT2D eigenvalue weighted by Crippen LogP contribution is 2.32. The minimum atomic E-state index is -0.984. The highest BCUT2D eigenvalue weighted by molar-refractivity contribution is 6.00. The summed E-state index contributed by atoms with van der Waals surface area (Å²) in [5.41, 5.74) is 10.6. The van der Waals surface area contributed by atoms with Gasteiger partial charge in [-0.05, 0) is 152 Å². The highest BCUT2D eigenvalue weighted by atomic mass is 16.5. The Kier molecular flexibility index (Phi) is 18.6. The lowest BCUT2D eigenvalue weighted by Gasteiger charge is -2.34. The van der Waals surface area contributed by atoms with Crippen molar-refractivity contribution < 1.29 is 29.3 Å². The standard InChI is InChI=1S/C29H38N4O2.C16H13NO3.C12H25N3O/c1-22-9-11-24(12-10-22)35-28-8-6-7-26-25(28)21-27(31-26)29(34)30-23-13-17-33(18-14-23)20-19-32-15-4-2-3-5-16-32;1-10-5-7-11(8-6-10)20-15-4-2-3-13-12(15)9-14(17-13)16(18)19;13-11-1-5-14(6-2-11)9-10-15-7-3-12(16)4-8-15/h6-12,21,23,31H,2-5,13-20H2,1H3,(H,30,34);2-9,17H,1H3,(H,18,19);11-12,16H,1-10,13H2. The van der Waals surface area contributed by atoms with Crippen LogP contribution in [0, 0.1) is 13.8 Å². The van der Waals surface area contributed by atoms with E-state index in [1.165, 1.54) is 57.4 Å². The number of likely N-dealkylation sites (tertiary alicyclic amines) is 4. The van der Waals surface area contributed by atoms with Gasteiger partial charge in [-0.1, -0.05) is 60.4 Å². The van der Waals surface area contributed by atoms with Gasteiger partial charge < -0.3 is 60.3 Å². The summed E-state index contributed by atoms with van der Waals surface area (Å²) in [6.45, 7) is 17.8. The first-order valence-electron chi connectivity index (χ1n) is 26.1. The molecule has 1 amide bonds. The van der Waals surface area contributed by atoms with Crippen molar-refractivity contribution in [1.82, 2.24) is 34.9 Å². The van der Waals surface area contributed by atoms with E-state index in [-0.39, 0.29) is 23.7 Å².